The first kappa shape index (κ1) is 14.6. The Morgan fingerprint density at radius 1 is 1.33 bits per heavy atom. The largest absolute Gasteiger partial charge is 0.497 e. The molecular formula is C14H18O3S. The van der Waals surface area contributed by atoms with E-state index in [4.69, 9.17) is 9.47 Å². The molecule has 1 rings (SSSR count). The van der Waals surface area contributed by atoms with Crippen LogP contribution in [0.2, 0.25) is 0 Å². The molecule has 0 spiro atoms. The summed E-state index contributed by atoms with van der Waals surface area (Å²) >= 11 is 3.98. The zero-order valence-corrected chi connectivity index (χ0v) is 11.6. The van der Waals surface area contributed by atoms with E-state index < -0.39 is 0 Å². The normalized spacial score (nSPS) is 11.2. The van der Waals surface area contributed by atoms with Gasteiger partial charge in [0.2, 0.25) is 0 Å². The fourth-order valence-corrected chi connectivity index (χ4v) is 1.46. The van der Waals surface area contributed by atoms with Gasteiger partial charge in [-0.15, -0.1) is 0 Å². The second kappa shape index (κ2) is 7.82. The van der Waals surface area contributed by atoms with Gasteiger partial charge in [0.15, 0.2) is 0 Å². The van der Waals surface area contributed by atoms with Crippen molar-refractivity contribution in [1.29, 1.82) is 0 Å². The molecule has 1 aromatic carbocycles. The highest BCUT2D eigenvalue weighted by atomic mass is 32.1. The number of hydrogen-bond acceptors (Lipinski definition) is 4. The molecule has 0 fully saturated rings. The van der Waals surface area contributed by atoms with Crippen LogP contribution in [-0.2, 0) is 16.0 Å². The molecule has 1 aromatic rings. The molecule has 0 aliphatic carbocycles. The van der Waals surface area contributed by atoms with Crippen LogP contribution in [0.4, 0.5) is 0 Å². The number of carbonyl (C=O) groups excluding carboxylic acids is 1. The summed E-state index contributed by atoms with van der Waals surface area (Å²) < 4.78 is 10.1. The van der Waals surface area contributed by atoms with Crippen LogP contribution in [0.3, 0.4) is 0 Å². The highest BCUT2D eigenvalue weighted by molar-refractivity contribution is 7.80. The maximum atomic E-state index is 11.5. The molecule has 0 atom stereocenters. The van der Waals surface area contributed by atoms with Crippen molar-refractivity contribution in [2.45, 2.75) is 13.3 Å². The summed E-state index contributed by atoms with van der Waals surface area (Å²) in [5.74, 6) is 1.09. The Hall–Kier alpha value is -1.42. The first-order valence-corrected chi connectivity index (χ1v) is 6.38. The minimum absolute atomic E-state index is 0.280. The van der Waals surface area contributed by atoms with Crippen LogP contribution in [0.15, 0.2) is 35.9 Å². The molecule has 0 heterocycles. The van der Waals surface area contributed by atoms with Gasteiger partial charge < -0.3 is 9.47 Å². The van der Waals surface area contributed by atoms with Crippen molar-refractivity contribution in [1.82, 2.24) is 0 Å². The molecule has 0 amide bonds. The van der Waals surface area contributed by atoms with E-state index in [9.17, 15) is 4.79 Å². The summed E-state index contributed by atoms with van der Waals surface area (Å²) in [6.07, 6.45) is 2.56. The zero-order valence-electron chi connectivity index (χ0n) is 10.7. The minimum atomic E-state index is -0.280. The van der Waals surface area contributed by atoms with Crippen molar-refractivity contribution in [3.05, 3.63) is 41.5 Å². The number of ether oxygens (including phenoxy) is 2. The summed E-state index contributed by atoms with van der Waals surface area (Å²) in [4.78, 5) is 11.5. The number of esters is 1. The molecule has 98 valence electrons. The number of methoxy groups -OCH3 is 1. The SMILES string of the molecule is COc1ccc(C/C=C(\C)C(=O)OCCS)cc1. The number of hydrogen-bond donors (Lipinski definition) is 1. The molecule has 0 saturated carbocycles. The van der Waals surface area contributed by atoms with Crippen molar-refractivity contribution >= 4 is 18.6 Å². The van der Waals surface area contributed by atoms with Crippen molar-refractivity contribution in [2.75, 3.05) is 19.5 Å². The highest BCUT2D eigenvalue weighted by Gasteiger charge is 2.04. The van der Waals surface area contributed by atoms with Crippen molar-refractivity contribution in [3.63, 3.8) is 0 Å². The van der Waals surface area contributed by atoms with E-state index in [1.54, 1.807) is 14.0 Å². The van der Waals surface area contributed by atoms with Gasteiger partial charge in [-0.25, -0.2) is 4.79 Å². The van der Waals surface area contributed by atoms with Gasteiger partial charge in [-0.1, -0.05) is 18.2 Å². The van der Waals surface area contributed by atoms with Gasteiger partial charge in [-0.2, -0.15) is 12.6 Å². The molecule has 0 aliphatic rings. The van der Waals surface area contributed by atoms with Crippen molar-refractivity contribution in [2.24, 2.45) is 0 Å². The van der Waals surface area contributed by atoms with Gasteiger partial charge in [0.25, 0.3) is 0 Å². The molecule has 0 aliphatic heterocycles. The molecule has 0 bridgehead atoms. The number of allylic oxidation sites excluding steroid dienone is 1. The average molecular weight is 266 g/mol. The number of carbonyl (C=O) groups is 1. The van der Waals surface area contributed by atoms with Crippen LogP contribution in [0.25, 0.3) is 0 Å². The van der Waals surface area contributed by atoms with Crippen molar-refractivity contribution in [3.8, 4) is 5.75 Å². The Morgan fingerprint density at radius 3 is 2.56 bits per heavy atom. The summed E-state index contributed by atoms with van der Waals surface area (Å²) in [7, 11) is 1.64. The third-order valence-electron chi connectivity index (χ3n) is 2.45. The smallest absolute Gasteiger partial charge is 0.333 e. The third kappa shape index (κ3) is 4.84. The molecule has 0 aromatic heterocycles. The van der Waals surface area contributed by atoms with Crippen molar-refractivity contribution < 1.29 is 14.3 Å². The Morgan fingerprint density at radius 2 is 2.00 bits per heavy atom. The molecule has 0 saturated heterocycles. The Bertz CT molecular complexity index is 410. The van der Waals surface area contributed by atoms with E-state index in [1.807, 2.05) is 30.3 Å². The maximum absolute atomic E-state index is 11.5. The van der Waals surface area contributed by atoms with Gasteiger partial charge in [0.05, 0.1) is 7.11 Å². The first-order valence-electron chi connectivity index (χ1n) is 5.75. The van der Waals surface area contributed by atoms with E-state index in [0.29, 0.717) is 24.4 Å². The lowest BCUT2D eigenvalue weighted by molar-refractivity contribution is -0.138. The molecule has 0 N–H and O–H groups in total. The van der Waals surface area contributed by atoms with Gasteiger partial charge in [-0.05, 0) is 31.0 Å². The van der Waals surface area contributed by atoms with Crippen LogP contribution in [0.5, 0.6) is 5.75 Å². The fraction of sp³-hybridized carbons (Fsp3) is 0.357. The average Bonchev–Trinajstić information content (AvgIpc) is 2.42. The molecular weight excluding hydrogens is 248 g/mol. The van der Waals surface area contributed by atoms with Crippen LogP contribution >= 0.6 is 12.6 Å². The van der Waals surface area contributed by atoms with Crippen LogP contribution in [0, 0.1) is 0 Å². The topological polar surface area (TPSA) is 35.5 Å². The van der Waals surface area contributed by atoms with E-state index in [-0.39, 0.29) is 5.97 Å². The second-order valence-electron chi connectivity index (χ2n) is 3.80. The summed E-state index contributed by atoms with van der Waals surface area (Å²) in [6, 6.07) is 7.75. The second-order valence-corrected chi connectivity index (χ2v) is 4.25. The van der Waals surface area contributed by atoms with Gasteiger partial charge in [0, 0.05) is 11.3 Å². The molecule has 0 radical (unpaired) electrons. The highest BCUT2D eigenvalue weighted by Crippen LogP contribution is 2.12. The van der Waals surface area contributed by atoms with Crippen LogP contribution in [-0.4, -0.2) is 25.4 Å². The molecule has 4 heteroatoms. The Labute approximate surface area is 113 Å². The molecule has 18 heavy (non-hydrogen) atoms. The lowest BCUT2D eigenvalue weighted by Crippen LogP contribution is -2.08. The monoisotopic (exact) mass is 266 g/mol. The number of benzene rings is 1. The van der Waals surface area contributed by atoms with Gasteiger partial charge in [-0.3, -0.25) is 0 Å². The Kier molecular flexibility index (Phi) is 6.36. The van der Waals surface area contributed by atoms with E-state index in [2.05, 4.69) is 12.6 Å². The zero-order chi connectivity index (χ0) is 13.4. The summed E-state index contributed by atoms with van der Waals surface area (Å²) in [6.45, 7) is 2.10. The summed E-state index contributed by atoms with van der Waals surface area (Å²) in [5, 5.41) is 0. The van der Waals surface area contributed by atoms with E-state index in [1.165, 1.54) is 0 Å². The third-order valence-corrected chi connectivity index (χ3v) is 2.63. The summed E-state index contributed by atoms with van der Waals surface area (Å²) in [5.41, 5.74) is 1.74. The standard InChI is InChI=1S/C14H18O3S/c1-11(14(15)17-9-10-18)3-4-12-5-7-13(16-2)8-6-12/h3,5-8,18H,4,9-10H2,1-2H3/b11-3+. The fourth-order valence-electron chi connectivity index (χ4n) is 1.37. The van der Waals surface area contributed by atoms with Crippen LogP contribution < -0.4 is 4.74 Å². The predicted molar refractivity (Wildman–Crippen MR) is 75.3 cm³/mol. The number of rotatable bonds is 6. The van der Waals surface area contributed by atoms with Gasteiger partial charge >= 0.3 is 5.97 Å². The Balaban J connectivity index is 2.53. The maximum Gasteiger partial charge on any atom is 0.333 e. The predicted octanol–water partition coefficient (Wildman–Crippen LogP) is 2.66. The lowest BCUT2D eigenvalue weighted by Gasteiger charge is -2.04. The van der Waals surface area contributed by atoms with Gasteiger partial charge in [0.1, 0.15) is 12.4 Å². The first-order chi connectivity index (χ1) is 8.67. The quantitative estimate of drug-likeness (QED) is 0.488. The molecule has 0 unspecified atom stereocenters. The van der Waals surface area contributed by atoms with Crippen LogP contribution in [0.1, 0.15) is 12.5 Å². The molecule has 3 nitrogen and oxygen atoms in total. The lowest BCUT2D eigenvalue weighted by atomic mass is 10.1. The minimum Gasteiger partial charge on any atom is -0.497 e. The number of thiol groups is 1. The van der Waals surface area contributed by atoms with E-state index >= 15 is 0 Å². The van der Waals surface area contributed by atoms with E-state index in [0.717, 1.165) is 11.3 Å².